The molecule has 19 heavy (non-hydrogen) atoms. The van der Waals surface area contributed by atoms with E-state index < -0.39 is 6.04 Å². The third-order valence-electron chi connectivity index (χ3n) is 2.70. The van der Waals surface area contributed by atoms with Crippen LogP contribution in [0.3, 0.4) is 0 Å². The second-order valence-corrected chi connectivity index (χ2v) is 5.02. The van der Waals surface area contributed by atoms with Crippen molar-refractivity contribution in [2.45, 2.75) is 6.04 Å². The smallest absolute Gasteiger partial charge is 0.243 e. The van der Waals surface area contributed by atoms with Gasteiger partial charge in [-0.1, -0.05) is 15.9 Å². The van der Waals surface area contributed by atoms with Gasteiger partial charge in [-0.25, -0.2) is 0 Å². The average Bonchev–Trinajstić information content (AvgIpc) is 2.38. The lowest BCUT2D eigenvalue weighted by Gasteiger charge is -2.23. The van der Waals surface area contributed by atoms with Crippen molar-refractivity contribution >= 4 is 33.4 Å². The van der Waals surface area contributed by atoms with E-state index in [-0.39, 0.29) is 24.9 Å². The van der Waals surface area contributed by atoms with Gasteiger partial charge < -0.3 is 15.4 Å². The number of amides is 2. The molecule has 1 saturated heterocycles. The normalized spacial score (nSPS) is 18.6. The Bertz CT molecular complexity index is 497. The third-order valence-corrected chi connectivity index (χ3v) is 3.16. The Morgan fingerprint density at radius 3 is 2.89 bits per heavy atom. The van der Waals surface area contributed by atoms with E-state index in [1.807, 2.05) is 0 Å². The van der Waals surface area contributed by atoms with Crippen LogP contribution in [0.4, 0.5) is 5.69 Å². The molecule has 0 bridgehead atoms. The SMILES string of the molecule is COc1cc(Br)cc(NC(=O)C2CNC(=O)CN2)c1. The van der Waals surface area contributed by atoms with Crippen LogP contribution in [0.15, 0.2) is 22.7 Å². The summed E-state index contributed by atoms with van der Waals surface area (Å²) in [5.41, 5.74) is 0.634. The fraction of sp³-hybridized carbons (Fsp3) is 0.333. The maximum Gasteiger partial charge on any atom is 0.243 e. The molecule has 0 spiro atoms. The summed E-state index contributed by atoms with van der Waals surface area (Å²) in [5.74, 6) is 0.350. The van der Waals surface area contributed by atoms with E-state index in [2.05, 4.69) is 31.9 Å². The molecule has 0 aromatic heterocycles. The number of benzene rings is 1. The molecule has 0 saturated carbocycles. The fourth-order valence-electron chi connectivity index (χ4n) is 1.73. The molecule has 2 amide bonds. The van der Waals surface area contributed by atoms with Gasteiger partial charge in [-0.3, -0.25) is 14.9 Å². The van der Waals surface area contributed by atoms with Gasteiger partial charge >= 0.3 is 0 Å². The predicted octanol–water partition coefficient (Wildman–Crippen LogP) is 0.484. The summed E-state index contributed by atoms with van der Waals surface area (Å²) in [7, 11) is 1.56. The van der Waals surface area contributed by atoms with Crippen LogP contribution >= 0.6 is 15.9 Å². The van der Waals surface area contributed by atoms with Gasteiger partial charge in [0.25, 0.3) is 0 Å². The summed E-state index contributed by atoms with van der Waals surface area (Å²) >= 11 is 3.34. The van der Waals surface area contributed by atoms with E-state index in [0.717, 1.165) is 4.47 Å². The fourth-order valence-corrected chi connectivity index (χ4v) is 2.21. The van der Waals surface area contributed by atoms with Crippen LogP contribution in [0.2, 0.25) is 0 Å². The highest BCUT2D eigenvalue weighted by atomic mass is 79.9. The van der Waals surface area contributed by atoms with Crippen LogP contribution in [-0.2, 0) is 9.59 Å². The number of piperazine rings is 1. The van der Waals surface area contributed by atoms with Crippen molar-refractivity contribution in [3.05, 3.63) is 22.7 Å². The third kappa shape index (κ3) is 3.68. The molecule has 7 heteroatoms. The molecule has 1 aromatic rings. The summed E-state index contributed by atoms with van der Waals surface area (Å²) in [6.45, 7) is 0.440. The summed E-state index contributed by atoms with van der Waals surface area (Å²) in [5, 5.41) is 8.28. The monoisotopic (exact) mass is 327 g/mol. The second kappa shape index (κ2) is 6.03. The van der Waals surface area contributed by atoms with Gasteiger partial charge in [0.15, 0.2) is 0 Å². The van der Waals surface area contributed by atoms with E-state index >= 15 is 0 Å². The minimum absolute atomic E-state index is 0.104. The molecule has 102 valence electrons. The number of hydrogen-bond acceptors (Lipinski definition) is 4. The van der Waals surface area contributed by atoms with Gasteiger partial charge in [0, 0.05) is 22.8 Å². The standard InChI is InChI=1S/C12H14BrN3O3/c1-19-9-3-7(13)2-8(4-9)16-12(18)10-5-15-11(17)6-14-10/h2-4,10,14H,5-6H2,1H3,(H,15,17)(H,16,18). The highest BCUT2D eigenvalue weighted by molar-refractivity contribution is 9.10. The number of halogens is 1. The Kier molecular flexibility index (Phi) is 4.39. The van der Waals surface area contributed by atoms with Crippen molar-refractivity contribution in [2.24, 2.45) is 0 Å². The molecule has 0 radical (unpaired) electrons. The first kappa shape index (κ1) is 13.8. The number of hydrogen-bond donors (Lipinski definition) is 3. The van der Waals surface area contributed by atoms with Crippen molar-refractivity contribution in [1.29, 1.82) is 0 Å². The molecule has 1 unspecified atom stereocenters. The Morgan fingerprint density at radius 2 is 2.26 bits per heavy atom. The summed E-state index contributed by atoms with van der Waals surface area (Å²) in [4.78, 5) is 23.0. The van der Waals surface area contributed by atoms with Gasteiger partial charge in [0.05, 0.1) is 13.7 Å². The molecule has 2 rings (SSSR count). The first-order chi connectivity index (χ1) is 9.08. The van der Waals surface area contributed by atoms with Crippen LogP contribution in [0, 0.1) is 0 Å². The number of methoxy groups -OCH3 is 1. The zero-order valence-corrected chi connectivity index (χ0v) is 11.9. The lowest BCUT2D eigenvalue weighted by Crippen LogP contribution is -2.56. The number of anilines is 1. The zero-order valence-electron chi connectivity index (χ0n) is 10.3. The first-order valence-electron chi connectivity index (χ1n) is 5.74. The number of ether oxygens (including phenoxy) is 1. The predicted molar refractivity (Wildman–Crippen MR) is 74.1 cm³/mol. The van der Waals surface area contributed by atoms with Crippen molar-refractivity contribution in [1.82, 2.24) is 10.6 Å². The van der Waals surface area contributed by atoms with E-state index in [0.29, 0.717) is 11.4 Å². The molecule has 1 aromatic carbocycles. The molecular weight excluding hydrogens is 314 g/mol. The molecule has 1 aliphatic rings. The molecular formula is C12H14BrN3O3. The van der Waals surface area contributed by atoms with Crippen molar-refractivity contribution in [3.63, 3.8) is 0 Å². The van der Waals surface area contributed by atoms with E-state index in [1.165, 1.54) is 0 Å². The van der Waals surface area contributed by atoms with Crippen LogP contribution in [0.25, 0.3) is 0 Å². The highest BCUT2D eigenvalue weighted by Gasteiger charge is 2.23. The van der Waals surface area contributed by atoms with Crippen molar-refractivity contribution in [3.8, 4) is 5.75 Å². The highest BCUT2D eigenvalue weighted by Crippen LogP contribution is 2.24. The van der Waals surface area contributed by atoms with Crippen LogP contribution in [0.1, 0.15) is 0 Å². The molecule has 1 aliphatic heterocycles. The number of carbonyl (C=O) groups is 2. The molecule has 3 N–H and O–H groups in total. The summed E-state index contributed by atoms with van der Waals surface area (Å²) in [6.07, 6.45) is 0. The lowest BCUT2D eigenvalue weighted by atomic mass is 10.2. The number of rotatable bonds is 3. The molecule has 1 fully saturated rings. The molecule has 6 nitrogen and oxygen atoms in total. The maximum atomic E-state index is 12.0. The van der Waals surface area contributed by atoms with Gasteiger partial charge in [0.2, 0.25) is 11.8 Å². The minimum Gasteiger partial charge on any atom is -0.497 e. The zero-order chi connectivity index (χ0) is 13.8. The van der Waals surface area contributed by atoms with Crippen LogP contribution < -0.4 is 20.7 Å². The van der Waals surface area contributed by atoms with E-state index in [1.54, 1.807) is 25.3 Å². The molecule has 0 aliphatic carbocycles. The largest absolute Gasteiger partial charge is 0.497 e. The van der Waals surface area contributed by atoms with E-state index in [4.69, 9.17) is 4.74 Å². The molecule has 1 heterocycles. The van der Waals surface area contributed by atoms with Gasteiger partial charge in [-0.15, -0.1) is 0 Å². The number of nitrogens with one attached hydrogen (secondary N) is 3. The minimum atomic E-state index is -0.428. The van der Waals surface area contributed by atoms with Crippen molar-refractivity contribution < 1.29 is 14.3 Å². The van der Waals surface area contributed by atoms with Crippen molar-refractivity contribution in [2.75, 3.05) is 25.5 Å². The van der Waals surface area contributed by atoms with Gasteiger partial charge in [-0.05, 0) is 12.1 Å². The quantitative estimate of drug-likeness (QED) is 0.754. The Morgan fingerprint density at radius 1 is 1.47 bits per heavy atom. The van der Waals surface area contributed by atoms with Gasteiger partial charge in [0.1, 0.15) is 11.8 Å². The molecule has 1 atom stereocenters. The summed E-state index contributed by atoms with van der Waals surface area (Å²) in [6, 6.07) is 4.88. The van der Waals surface area contributed by atoms with Crippen LogP contribution in [0.5, 0.6) is 5.75 Å². The second-order valence-electron chi connectivity index (χ2n) is 4.11. The maximum absolute atomic E-state index is 12.0. The Labute approximate surface area is 119 Å². The number of carbonyl (C=O) groups excluding carboxylic acids is 2. The lowest BCUT2D eigenvalue weighted by molar-refractivity contribution is -0.124. The van der Waals surface area contributed by atoms with E-state index in [9.17, 15) is 9.59 Å². The average molecular weight is 328 g/mol. The Balaban J connectivity index is 2.02. The van der Waals surface area contributed by atoms with Gasteiger partial charge in [-0.2, -0.15) is 0 Å². The Hall–Kier alpha value is -1.60. The first-order valence-corrected chi connectivity index (χ1v) is 6.53. The van der Waals surface area contributed by atoms with Crippen LogP contribution in [-0.4, -0.2) is 38.1 Å². The topological polar surface area (TPSA) is 79.5 Å². The summed E-state index contributed by atoms with van der Waals surface area (Å²) < 4.78 is 5.93.